The van der Waals surface area contributed by atoms with E-state index in [1.54, 1.807) is 0 Å². The number of nitrogens with zero attached hydrogens (tertiary/aromatic N) is 5. The van der Waals surface area contributed by atoms with E-state index in [1.807, 2.05) is 12.4 Å². The maximum atomic E-state index is 4.64. The lowest BCUT2D eigenvalue weighted by molar-refractivity contribution is 0.1000. The van der Waals surface area contributed by atoms with Crippen LogP contribution in [0.5, 0.6) is 0 Å². The van der Waals surface area contributed by atoms with Gasteiger partial charge in [0.15, 0.2) is 0 Å². The average Bonchev–Trinajstić information content (AvgIpc) is 3.20. The molecule has 3 heterocycles. The Kier molecular flexibility index (Phi) is 5.18. The highest BCUT2D eigenvalue weighted by Gasteiger charge is 2.20. The molecule has 0 N–H and O–H groups in total. The van der Waals surface area contributed by atoms with Crippen LogP contribution >= 0.6 is 0 Å². The molecular weight excluding hydrogens is 322 g/mol. The van der Waals surface area contributed by atoms with Crippen LogP contribution in [0.2, 0.25) is 0 Å². The highest BCUT2D eigenvalue weighted by Crippen LogP contribution is 2.21. The van der Waals surface area contributed by atoms with Crippen molar-refractivity contribution >= 4 is 5.82 Å². The summed E-state index contributed by atoms with van der Waals surface area (Å²) in [5, 5.41) is 0. The molecule has 0 bridgehead atoms. The highest BCUT2D eigenvalue weighted by atomic mass is 15.3. The Labute approximate surface area is 156 Å². The van der Waals surface area contributed by atoms with Gasteiger partial charge in [0.25, 0.3) is 0 Å². The molecule has 1 atom stereocenters. The molecule has 0 aliphatic carbocycles. The van der Waals surface area contributed by atoms with E-state index in [2.05, 4.69) is 62.9 Å². The number of aromatic nitrogens is 2. The van der Waals surface area contributed by atoms with Gasteiger partial charge in [-0.2, -0.15) is 0 Å². The van der Waals surface area contributed by atoms with Crippen LogP contribution in [0.15, 0.2) is 36.7 Å². The number of hydrogen-bond donors (Lipinski definition) is 0. The lowest BCUT2D eigenvalue weighted by Gasteiger charge is -2.37. The van der Waals surface area contributed by atoms with Gasteiger partial charge in [0.2, 0.25) is 0 Å². The molecule has 5 nitrogen and oxygen atoms in total. The minimum atomic E-state index is 0.632. The summed E-state index contributed by atoms with van der Waals surface area (Å²) in [6, 6.07) is 9.44. The average molecular weight is 351 g/mol. The summed E-state index contributed by atoms with van der Waals surface area (Å²) in [5.41, 5.74) is 3.46. The van der Waals surface area contributed by atoms with Crippen molar-refractivity contribution in [1.82, 2.24) is 19.8 Å². The van der Waals surface area contributed by atoms with Gasteiger partial charge in [-0.05, 0) is 32.4 Å². The molecule has 4 rings (SSSR count). The standard InChI is InChI=1S/C21H29N5/c1-17-15-25(12-11-24(17)2)16-18-5-7-19(8-6-18)20-13-23-21(14-22-20)26-9-3-4-10-26/h5-8,13-14,17H,3-4,9-12,15-16H2,1-2H3. The molecule has 1 aromatic heterocycles. The number of hydrogen-bond acceptors (Lipinski definition) is 5. The van der Waals surface area contributed by atoms with Gasteiger partial charge in [-0.25, -0.2) is 4.98 Å². The van der Waals surface area contributed by atoms with Crippen molar-refractivity contribution < 1.29 is 0 Å². The quantitative estimate of drug-likeness (QED) is 0.846. The van der Waals surface area contributed by atoms with E-state index in [0.717, 1.165) is 56.3 Å². The summed E-state index contributed by atoms with van der Waals surface area (Å²) in [7, 11) is 2.22. The van der Waals surface area contributed by atoms with Gasteiger partial charge in [0, 0.05) is 50.9 Å². The van der Waals surface area contributed by atoms with Crippen LogP contribution in [-0.4, -0.2) is 65.6 Å². The molecule has 26 heavy (non-hydrogen) atoms. The molecule has 2 saturated heterocycles. The van der Waals surface area contributed by atoms with Crippen molar-refractivity contribution in [3.8, 4) is 11.3 Å². The third-order valence-corrected chi connectivity index (χ3v) is 5.77. The van der Waals surface area contributed by atoms with Crippen LogP contribution < -0.4 is 4.90 Å². The van der Waals surface area contributed by atoms with Crippen LogP contribution in [0.25, 0.3) is 11.3 Å². The second-order valence-electron chi connectivity index (χ2n) is 7.72. The second-order valence-corrected chi connectivity index (χ2v) is 7.72. The molecule has 0 saturated carbocycles. The van der Waals surface area contributed by atoms with Crippen LogP contribution in [0.1, 0.15) is 25.3 Å². The minimum absolute atomic E-state index is 0.632. The van der Waals surface area contributed by atoms with Gasteiger partial charge < -0.3 is 9.80 Å². The van der Waals surface area contributed by atoms with Gasteiger partial charge in [0.05, 0.1) is 18.1 Å². The van der Waals surface area contributed by atoms with Gasteiger partial charge in [-0.3, -0.25) is 9.88 Å². The van der Waals surface area contributed by atoms with Crippen LogP contribution in [0.3, 0.4) is 0 Å². The van der Waals surface area contributed by atoms with Gasteiger partial charge in [-0.1, -0.05) is 24.3 Å². The van der Waals surface area contributed by atoms with Crippen LogP contribution in [0.4, 0.5) is 5.82 Å². The van der Waals surface area contributed by atoms with E-state index in [1.165, 1.54) is 18.4 Å². The van der Waals surface area contributed by atoms with E-state index >= 15 is 0 Å². The van der Waals surface area contributed by atoms with Crippen molar-refractivity contribution in [1.29, 1.82) is 0 Å². The Bertz CT molecular complexity index is 706. The summed E-state index contributed by atoms with van der Waals surface area (Å²) >= 11 is 0. The third kappa shape index (κ3) is 3.89. The Morgan fingerprint density at radius 3 is 2.38 bits per heavy atom. The minimum Gasteiger partial charge on any atom is -0.355 e. The van der Waals surface area contributed by atoms with E-state index in [0.29, 0.717) is 6.04 Å². The lowest BCUT2D eigenvalue weighted by Crippen LogP contribution is -2.49. The summed E-state index contributed by atoms with van der Waals surface area (Å²) in [5.74, 6) is 1.01. The maximum Gasteiger partial charge on any atom is 0.147 e. The van der Waals surface area contributed by atoms with Gasteiger partial charge >= 0.3 is 0 Å². The first-order chi connectivity index (χ1) is 12.7. The number of rotatable bonds is 4. The van der Waals surface area contributed by atoms with Gasteiger partial charge in [0.1, 0.15) is 5.82 Å². The van der Waals surface area contributed by atoms with Crippen molar-refractivity contribution in [3.05, 3.63) is 42.2 Å². The van der Waals surface area contributed by atoms with Crippen molar-refractivity contribution in [2.45, 2.75) is 32.4 Å². The zero-order valence-electron chi connectivity index (χ0n) is 15.9. The summed E-state index contributed by atoms with van der Waals surface area (Å²) in [4.78, 5) is 16.6. The van der Waals surface area contributed by atoms with Crippen LogP contribution in [0, 0.1) is 0 Å². The molecule has 2 fully saturated rings. The predicted octanol–water partition coefficient (Wildman–Crippen LogP) is 2.88. The molecule has 2 aromatic rings. The zero-order chi connectivity index (χ0) is 17.9. The SMILES string of the molecule is CC1CN(Cc2ccc(-c3cnc(N4CCCC4)cn3)cc2)CCN1C. The van der Waals surface area contributed by atoms with E-state index in [4.69, 9.17) is 0 Å². The molecule has 1 aromatic carbocycles. The Morgan fingerprint density at radius 1 is 0.962 bits per heavy atom. The normalized spacial score (nSPS) is 22.1. The molecule has 0 radical (unpaired) electrons. The highest BCUT2D eigenvalue weighted by molar-refractivity contribution is 5.59. The number of likely N-dealkylation sites (N-methyl/N-ethyl adjacent to an activating group) is 1. The Balaban J connectivity index is 1.39. The molecule has 5 heteroatoms. The fourth-order valence-corrected chi connectivity index (χ4v) is 3.89. The fourth-order valence-electron chi connectivity index (χ4n) is 3.89. The van der Waals surface area contributed by atoms with Crippen molar-refractivity contribution in [3.63, 3.8) is 0 Å². The number of piperazine rings is 1. The lowest BCUT2D eigenvalue weighted by atomic mass is 10.1. The Morgan fingerprint density at radius 2 is 1.73 bits per heavy atom. The summed E-state index contributed by atoms with van der Waals surface area (Å²) in [6.07, 6.45) is 6.35. The first-order valence-corrected chi connectivity index (χ1v) is 9.78. The molecular formula is C21H29N5. The number of anilines is 1. The first kappa shape index (κ1) is 17.4. The molecule has 138 valence electrons. The molecule has 2 aliphatic heterocycles. The molecule has 0 amide bonds. The summed E-state index contributed by atoms with van der Waals surface area (Å²) in [6.45, 7) is 8.98. The second kappa shape index (κ2) is 7.72. The van der Waals surface area contributed by atoms with E-state index in [-0.39, 0.29) is 0 Å². The van der Waals surface area contributed by atoms with Crippen LogP contribution in [-0.2, 0) is 6.54 Å². The first-order valence-electron chi connectivity index (χ1n) is 9.78. The smallest absolute Gasteiger partial charge is 0.147 e. The maximum absolute atomic E-state index is 4.64. The fraction of sp³-hybridized carbons (Fsp3) is 0.524. The summed E-state index contributed by atoms with van der Waals surface area (Å²) < 4.78 is 0. The van der Waals surface area contributed by atoms with E-state index < -0.39 is 0 Å². The monoisotopic (exact) mass is 351 g/mol. The topological polar surface area (TPSA) is 35.5 Å². The predicted molar refractivity (Wildman–Crippen MR) is 106 cm³/mol. The zero-order valence-corrected chi connectivity index (χ0v) is 15.9. The van der Waals surface area contributed by atoms with Gasteiger partial charge in [-0.15, -0.1) is 0 Å². The number of benzene rings is 1. The molecule has 1 unspecified atom stereocenters. The largest absolute Gasteiger partial charge is 0.355 e. The molecule has 2 aliphatic rings. The molecule has 0 spiro atoms. The third-order valence-electron chi connectivity index (χ3n) is 5.77. The van der Waals surface area contributed by atoms with Crippen molar-refractivity contribution in [2.75, 3.05) is 44.7 Å². The van der Waals surface area contributed by atoms with Crippen molar-refractivity contribution in [2.24, 2.45) is 0 Å². The van der Waals surface area contributed by atoms with E-state index in [9.17, 15) is 0 Å². The Hall–Kier alpha value is -1.98.